The summed E-state index contributed by atoms with van der Waals surface area (Å²) in [6.45, 7) is 8.37. The molecule has 6 heteroatoms. The smallest absolute Gasteiger partial charge is 0.408 e. The number of carboxylic acid groups (broad SMARTS) is 1. The van der Waals surface area contributed by atoms with Gasteiger partial charge in [0.2, 0.25) is 0 Å². The normalized spacial score (nSPS) is 13.9. The van der Waals surface area contributed by atoms with Crippen molar-refractivity contribution < 1.29 is 24.5 Å². The van der Waals surface area contributed by atoms with Crippen LogP contribution in [0.2, 0.25) is 0 Å². The van der Waals surface area contributed by atoms with Crippen LogP contribution in [-0.2, 0) is 9.53 Å². The number of alkyl carbamates (subject to hydrolysis) is 1. The number of carbonyl (C=O) groups excluding carboxylic acids is 1. The summed E-state index contributed by atoms with van der Waals surface area (Å²) in [4.78, 5) is 22.5. The molecule has 0 aromatic rings. The quantitative estimate of drug-likeness (QED) is 0.694. The van der Waals surface area contributed by atoms with Crippen molar-refractivity contribution >= 4 is 12.1 Å². The fraction of sp³-hybridized carbons (Fsp3) is 0.833. The van der Waals surface area contributed by atoms with Crippen molar-refractivity contribution in [1.82, 2.24) is 5.32 Å². The van der Waals surface area contributed by atoms with Crippen LogP contribution in [0.25, 0.3) is 0 Å². The van der Waals surface area contributed by atoms with E-state index in [9.17, 15) is 9.59 Å². The number of aliphatic carboxylic acids is 1. The Kier molecular flexibility index (Phi) is 5.60. The third-order valence-electron chi connectivity index (χ3n) is 2.17. The van der Waals surface area contributed by atoms with Gasteiger partial charge in [0.15, 0.2) is 0 Å². The Morgan fingerprint density at radius 3 is 2.06 bits per heavy atom. The third-order valence-corrected chi connectivity index (χ3v) is 2.17. The molecule has 0 heterocycles. The van der Waals surface area contributed by atoms with E-state index in [2.05, 4.69) is 5.32 Å². The Hall–Kier alpha value is -1.30. The summed E-state index contributed by atoms with van der Waals surface area (Å²) in [5.41, 5.74) is -1.27. The van der Waals surface area contributed by atoms with Crippen LogP contribution in [0.1, 0.15) is 41.0 Å². The summed E-state index contributed by atoms with van der Waals surface area (Å²) >= 11 is 0. The predicted molar refractivity (Wildman–Crippen MR) is 66.3 cm³/mol. The molecule has 0 spiro atoms. The van der Waals surface area contributed by atoms with Crippen molar-refractivity contribution in [2.45, 2.75) is 52.7 Å². The molecule has 0 rings (SSSR count). The van der Waals surface area contributed by atoms with Crippen LogP contribution in [0.4, 0.5) is 4.79 Å². The molecule has 18 heavy (non-hydrogen) atoms. The number of carbonyl (C=O) groups is 2. The number of aliphatic hydroxyl groups excluding tert-OH is 1. The standard InChI is InChI=1S/C12H23NO5/c1-11(2,3)18-10(17)13-8(9(15)16)6-12(4,5)7-14/h8,14H,6-7H2,1-5H3,(H,13,17)(H,15,16). The van der Waals surface area contributed by atoms with E-state index in [4.69, 9.17) is 14.9 Å². The van der Waals surface area contributed by atoms with E-state index in [-0.39, 0.29) is 13.0 Å². The number of rotatable bonds is 5. The van der Waals surface area contributed by atoms with Crippen LogP contribution in [-0.4, -0.2) is 40.5 Å². The van der Waals surface area contributed by atoms with Crippen LogP contribution in [0, 0.1) is 5.41 Å². The lowest BCUT2D eigenvalue weighted by atomic mass is 9.86. The second-order valence-corrected chi connectivity index (χ2v) is 6.06. The molecule has 0 aliphatic heterocycles. The van der Waals surface area contributed by atoms with E-state index in [0.29, 0.717) is 0 Å². The minimum atomic E-state index is -1.15. The Morgan fingerprint density at radius 1 is 1.22 bits per heavy atom. The minimum Gasteiger partial charge on any atom is -0.480 e. The van der Waals surface area contributed by atoms with Crippen LogP contribution in [0.15, 0.2) is 0 Å². The second kappa shape index (κ2) is 6.04. The molecule has 0 aromatic heterocycles. The van der Waals surface area contributed by atoms with Crippen molar-refractivity contribution in [3.8, 4) is 0 Å². The van der Waals surface area contributed by atoms with E-state index in [1.54, 1.807) is 34.6 Å². The highest BCUT2D eigenvalue weighted by molar-refractivity contribution is 5.80. The molecule has 0 aliphatic rings. The van der Waals surface area contributed by atoms with Gasteiger partial charge in [0.1, 0.15) is 11.6 Å². The molecule has 106 valence electrons. The minimum absolute atomic E-state index is 0.123. The Morgan fingerprint density at radius 2 is 1.72 bits per heavy atom. The van der Waals surface area contributed by atoms with Gasteiger partial charge in [-0.3, -0.25) is 0 Å². The molecular formula is C12H23NO5. The first-order chi connectivity index (χ1) is 7.97. The Balaban J connectivity index is 4.56. The zero-order chi connectivity index (χ0) is 14.6. The molecule has 0 aliphatic carbocycles. The largest absolute Gasteiger partial charge is 0.480 e. The van der Waals surface area contributed by atoms with Gasteiger partial charge >= 0.3 is 12.1 Å². The van der Waals surface area contributed by atoms with Gasteiger partial charge in [-0.25, -0.2) is 9.59 Å². The molecule has 0 fully saturated rings. The number of hydrogen-bond acceptors (Lipinski definition) is 4. The maximum atomic E-state index is 11.5. The van der Waals surface area contributed by atoms with Crippen LogP contribution in [0.3, 0.4) is 0 Å². The molecule has 1 unspecified atom stereocenters. The number of aliphatic hydroxyl groups is 1. The van der Waals surface area contributed by atoms with Crippen molar-refractivity contribution in [2.75, 3.05) is 6.61 Å². The van der Waals surface area contributed by atoms with Gasteiger partial charge < -0.3 is 20.3 Å². The average molecular weight is 261 g/mol. The average Bonchev–Trinajstić information content (AvgIpc) is 2.13. The first-order valence-electron chi connectivity index (χ1n) is 5.80. The van der Waals surface area contributed by atoms with E-state index >= 15 is 0 Å². The highest BCUT2D eigenvalue weighted by Crippen LogP contribution is 2.21. The maximum Gasteiger partial charge on any atom is 0.408 e. The zero-order valence-corrected chi connectivity index (χ0v) is 11.6. The first-order valence-corrected chi connectivity index (χ1v) is 5.80. The van der Waals surface area contributed by atoms with E-state index in [1.807, 2.05) is 0 Å². The number of amides is 1. The summed E-state index contributed by atoms with van der Waals surface area (Å²) < 4.78 is 4.99. The Bertz CT molecular complexity index is 306. The number of nitrogens with one attached hydrogen (secondary N) is 1. The van der Waals surface area contributed by atoms with Crippen LogP contribution < -0.4 is 5.32 Å². The maximum absolute atomic E-state index is 11.5. The predicted octanol–water partition coefficient (Wildman–Crippen LogP) is 1.37. The van der Waals surface area contributed by atoms with Gasteiger partial charge in [-0.15, -0.1) is 0 Å². The molecule has 1 atom stereocenters. The van der Waals surface area contributed by atoms with Gasteiger partial charge in [0.25, 0.3) is 0 Å². The lowest BCUT2D eigenvalue weighted by Gasteiger charge is -2.27. The van der Waals surface area contributed by atoms with E-state index in [0.717, 1.165) is 0 Å². The molecule has 0 saturated carbocycles. The lowest BCUT2D eigenvalue weighted by molar-refractivity contribution is -0.140. The van der Waals surface area contributed by atoms with Gasteiger partial charge in [0, 0.05) is 6.61 Å². The number of carboxylic acids is 1. The van der Waals surface area contributed by atoms with Crippen molar-refractivity contribution in [2.24, 2.45) is 5.41 Å². The molecule has 0 bridgehead atoms. The Labute approximate surface area is 107 Å². The zero-order valence-electron chi connectivity index (χ0n) is 11.6. The van der Waals surface area contributed by atoms with Gasteiger partial charge in [0.05, 0.1) is 0 Å². The molecule has 0 aromatic carbocycles. The molecule has 1 amide bonds. The van der Waals surface area contributed by atoms with Gasteiger partial charge in [-0.1, -0.05) is 13.8 Å². The molecule has 3 N–H and O–H groups in total. The molecule has 0 saturated heterocycles. The van der Waals surface area contributed by atoms with Crippen LogP contribution in [0.5, 0.6) is 0 Å². The third kappa shape index (κ3) is 7.11. The highest BCUT2D eigenvalue weighted by atomic mass is 16.6. The number of ether oxygens (including phenoxy) is 1. The van der Waals surface area contributed by atoms with E-state index in [1.165, 1.54) is 0 Å². The van der Waals surface area contributed by atoms with Crippen molar-refractivity contribution in [1.29, 1.82) is 0 Å². The van der Waals surface area contributed by atoms with E-state index < -0.39 is 29.1 Å². The fourth-order valence-electron chi connectivity index (χ4n) is 1.27. The summed E-state index contributed by atoms with van der Waals surface area (Å²) in [5, 5.41) is 20.4. The molecule has 0 radical (unpaired) electrons. The molecular weight excluding hydrogens is 238 g/mol. The first kappa shape index (κ1) is 16.7. The number of hydrogen-bond donors (Lipinski definition) is 3. The highest BCUT2D eigenvalue weighted by Gasteiger charge is 2.30. The van der Waals surface area contributed by atoms with Gasteiger partial charge in [-0.05, 0) is 32.6 Å². The van der Waals surface area contributed by atoms with Crippen LogP contribution >= 0.6 is 0 Å². The van der Waals surface area contributed by atoms with Crippen molar-refractivity contribution in [3.63, 3.8) is 0 Å². The lowest BCUT2D eigenvalue weighted by Crippen LogP contribution is -2.46. The van der Waals surface area contributed by atoms with Gasteiger partial charge in [-0.2, -0.15) is 0 Å². The summed E-state index contributed by atoms with van der Waals surface area (Å²) in [5.74, 6) is -1.15. The summed E-state index contributed by atoms with van der Waals surface area (Å²) in [7, 11) is 0. The fourth-order valence-corrected chi connectivity index (χ4v) is 1.27. The monoisotopic (exact) mass is 261 g/mol. The summed E-state index contributed by atoms with van der Waals surface area (Å²) in [6.07, 6.45) is -0.651. The second-order valence-electron chi connectivity index (χ2n) is 6.06. The topological polar surface area (TPSA) is 95.9 Å². The van der Waals surface area contributed by atoms with Crippen molar-refractivity contribution in [3.05, 3.63) is 0 Å². The summed E-state index contributed by atoms with van der Waals surface area (Å²) in [6, 6.07) is -1.08. The molecule has 6 nitrogen and oxygen atoms in total. The SMILES string of the molecule is CC(C)(CO)CC(NC(=O)OC(C)(C)C)C(=O)O.